The maximum Gasteiger partial charge on any atom is 0.310 e. The third kappa shape index (κ3) is 7.28. The molecule has 21 atom stereocenters. The third-order valence-corrected chi connectivity index (χ3v) is 18.6. The number of rotatable bonds is 8. The zero-order valence-corrected chi connectivity index (χ0v) is 37.5. The molecule has 0 bridgehead atoms. The van der Waals surface area contributed by atoms with Crippen LogP contribution in [-0.2, 0) is 33.2 Å². The Morgan fingerprint density at radius 3 is 2.03 bits per heavy atom. The smallest absolute Gasteiger partial charge is 0.310 e. The van der Waals surface area contributed by atoms with E-state index in [0.29, 0.717) is 18.8 Å². The maximum atomic E-state index is 13.1. The quantitative estimate of drug-likeness (QED) is 0.125. The van der Waals surface area contributed by atoms with Crippen LogP contribution in [0.25, 0.3) is 0 Å². The fraction of sp³-hybridized carbons (Fsp3) is 0.935. The largest absolute Gasteiger partial charge is 0.481 e. The van der Waals surface area contributed by atoms with Crippen molar-refractivity contribution in [2.45, 2.75) is 199 Å². The lowest BCUT2D eigenvalue weighted by molar-refractivity contribution is -0.385. The average molecular weight is 883 g/mol. The van der Waals surface area contributed by atoms with Crippen LogP contribution in [0.2, 0.25) is 0 Å². The summed E-state index contributed by atoms with van der Waals surface area (Å²) in [5.41, 5.74) is 0.0518. The van der Waals surface area contributed by atoms with Crippen LogP contribution in [0.1, 0.15) is 113 Å². The van der Waals surface area contributed by atoms with Crippen LogP contribution in [0.3, 0.4) is 0 Å². The monoisotopic (exact) mass is 882 g/mol. The Balaban J connectivity index is 1.06. The number of carboxylic acids is 1. The highest BCUT2D eigenvalue weighted by Crippen LogP contribution is 2.76. The Kier molecular flexibility index (Phi) is 12.5. The van der Waals surface area contributed by atoms with Gasteiger partial charge in [0.2, 0.25) is 0 Å². The molecule has 0 aromatic carbocycles. The number of carbonyl (C=O) groups is 1. The minimum Gasteiger partial charge on any atom is -0.481 e. The zero-order valence-electron chi connectivity index (χ0n) is 37.5. The molecule has 0 radical (unpaired) electrons. The van der Waals surface area contributed by atoms with Gasteiger partial charge in [-0.15, -0.1) is 0 Å². The van der Waals surface area contributed by atoms with E-state index in [1.54, 1.807) is 0 Å². The zero-order chi connectivity index (χ0) is 45.1. The van der Waals surface area contributed by atoms with Crippen molar-refractivity contribution in [2.75, 3.05) is 19.8 Å². The van der Waals surface area contributed by atoms with Gasteiger partial charge in [-0.05, 0) is 109 Å². The first-order valence-electron chi connectivity index (χ1n) is 23.1. The molecule has 7 fully saturated rings. The van der Waals surface area contributed by atoms with Crippen molar-refractivity contribution in [2.24, 2.45) is 50.2 Å². The first-order chi connectivity index (χ1) is 29.0. The van der Waals surface area contributed by atoms with Crippen LogP contribution in [0.5, 0.6) is 0 Å². The lowest BCUT2D eigenvalue weighted by Gasteiger charge is -2.71. The van der Waals surface area contributed by atoms with Crippen LogP contribution in [-0.4, -0.2) is 158 Å². The molecular formula is C46H74O16. The highest BCUT2D eigenvalue weighted by Gasteiger charge is 2.70. The van der Waals surface area contributed by atoms with E-state index >= 15 is 0 Å². The molecule has 16 nitrogen and oxygen atoms in total. The number of ether oxygens (including phenoxy) is 6. The number of hydrogen-bond donors (Lipinski definition) is 9. The summed E-state index contributed by atoms with van der Waals surface area (Å²) in [6.45, 7) is 15.0. The van der Waals surface area contributed by atoms with E-state index in [2.05, 4.69) is 54.5 Å². The number of fused-ring (bicyclic) bond motifs is 7. The van der Waals surface area contributed by atoms with Gasteiger partial charge in [-0.1, -0.05) is 60.1 Å². The minimum absolute atomic E-state index is 0.0240. The summed E-state index contributed by atoms with van der Waals surface area (Å²) in [4.78, 5) is 13.1. The van der Waals surface area contributed by atoms with Crippen molar-refractivity contribution in [1.29, 1.82) is 0 Å². The number of allylic oxidation sites excluding steroid dienone is 2. The van der Waals surface area contributed by atoms with E-state index in [-0.39, 0.29) is 46.7 Å². The van der Waals surface area contributed by atoms with Gasteiger partial charge in [0.25, 0.3) is 0 Å². The molecule has 8 aliphatic rings. The topological polar surface area (TPSA) is 255 Å². The van der Waals surface area contributed by atoms with Crippen LogP contribution < -0.4 is 0 Å². The molecule has 3 saturated heterocycles. The Labute approximate surface area is 364 Å². The molecular weight excluding hydrogens is 808 g/mol. The van der Waals surface area contributed by atoms with Crippen molar-refractivity contribution < 1.29 is 79.2 Å². The van der Waals surface area contributed by atoms with Crippen LogP contribution >= 0.6 is 0 Å². The molecule has 3 heterocycles. The molecule has 3 aliphatic heterocycles. The molecule has 16 heteroatoms. The summed E-state index contributed by atoms with van der Waals surface area (Å²) in [7, 11) is 0. The van der Waals surface area contributed by atoms with E-state index in [9.17, 15) is 50.8 Å². The van der Waals surface area contributed by atoms with Crippen molar-refractivity contribution in [3.05, 3.63) is 11.6 Å². The summed E-state index contributed by atoms with van der Waals surface area (Å²) >= 11 is 0. The second-order valence-corrected chi connectivity index (χ2v) is 22.6. The van der Waals surface area contributed by atoms with Gasteiger partial charge in [-0.2, -0.15) is 0 Å². The van der Waals surface area contributed by atoms with Gasteiger partial charge in [0.05, 0.1) is 31.3 Å². The standard InChI is InChI=1S/C46H74O16/c1-41(2)14-16-46(40(55)56)17-15-44(6)22(23(46)18-41)8-9-28-43(5)12-11-29(42(3,4)27(43)10-13-45(28,44)7)60-39-36(62-38-34(54)32(52)31(51)26(19-47)59-38)35(25(49)21-58-39)61-37-33(53)30(50)24(48)20-57-37/h8,23-39,47-54H,9-21H2,1-7H3,(H,55,56). The van der Waals surface area contributed by atoms with E-state index in [1.807, 2.05) is 0 Å². The van der Waals surface area contributed by atoms with Gasteiger partial charge in [0, 0.05) is 0 Å². The maximum absolute atomic E-state index is 13.1. The van der Waals surface area contributed by atoms with Crippen LogP contribution in [0.15, 0.2) is 11.6 Å². The molecule has 4 saturated carbocycles. The summed E-state index contributed by atoms with van der Waals surface area (Å²) in [6.07, 6.45) is -9.39. The van der Waals surface area contributed by atoms with Gasteiger partial charge in [-0.3, -0.25) is 4.79 Å². The SMILES string of the molecule is CC1(C)CCC2(C(=O)O)CCC3(C)C(=CCC4C5(C)CCC(OC6OCC(O)C(OC7OCC(O)C(O)C7O)C6OC6OC(CO)C(O)C(O)C6O)C(C)(C)C5CCC43C)C2C1. The van der Waals surface area contributed by atoms with E-state index in [0.717, 1.165) is 51.4 Å². The summed E-state index contributed by atoms with van der Waals surface area (Å²) < 4.78 is 36.8. The number of aliphatic hydroxyl groups excluding tert-OH is 8. The van der Waals surface area contributed by atoms with Gasteiger partial charge < -0.3 is 74.4 Å². The van der Waals surface area contributed by atoms with Crippen molar-refractivity contribution in [3.63, 3.8) is 0 Å². The van der Waals surface area contributed by atoms with E-state index < -0.39 is 109 Å². The molecule has 0 spiro atoms. The molecule has 5 aliphatic carbocycles. The van der Waals surface area contributed by atoms with E-state index in [1.165, 1.54) is 5.57 Å². The highest BCUT2D eigenvalue weighted by molar-refractivity contribution is 5.76. The average Bonchev–Trinajstić information content (AvgIpc) is 3.21. The minimum atomic E-state index is -1.80. The number of aliphatic hydroxyl groups is 8. The molecule has 0 aromatic heterocycles. The molecule has 9 N–H and O–H groups in total. The first-order valence-corrected chi connectivity index (χ1v) is 23.1. The summed E-state index contributed by atoms with van der Waals surface area (Å²) in [5, 5.41) is 95.5. The second kappa shape index (κ2) is 16.5. The molecule has 21 unspecified atom stereocenters. The fourth-order valence-electron chi connectivity index (χ4n) is 14.6. The highest BCUT2D eigenvalue weighted by atomic mass is 16.8. The Morgan fingerprint density at radius 2 is 1.34 bits per heavy atom. The number of aliphatic carboxylic acids is 1. The van der Waals surface area contributed by atoms with Gasteiger partial charge >= 0.3 is 5.97 Å². The van der Waals surface area contributed by atoms with Crippen LogP contribution in [0.4, 0.5) is 0 Å². The van der Waals surface area contributed by atoms with Crippen molar-refractivity contribution >= 4 is 5.97 Å². The lowest BCUT2D eigenvalue weighted by atomic mass is 9.33. The van der Waals surface area contributed by atoms with Crippen LogP contribution in [0, 0.1) is 50.2 Å². The predicted octanol–water partition coefficient (Wildman–Crippen LogP) is 1.98. The summed E-state index contributed by atoms with van der Waals surface area (Å²) in [5.74, 6) is -0.0624. The fourth-order valence-corrected chi connectivity index (χ4v) is 14.6. The Bertz CT molecular complexity index is 1690. The van der Waals surface area contributed by atoms with Crippen molar-refractivity contribution in [1.82, 2.24) is 0 Å². The van der Waals surface area contributed by atoms with Gasteiger partial charge in [-0.25, -0.2) is 0 Å². The van der Waals surface area contributed by atoms with E-state index in [4.69, 9.17) is 28.4 Å². The van der Waals surface area contributed by atoms with Gasteiger partial charge in [0.15, 0.2) is 18.9 Å². The normalized spacial score (nSPS) is 53.6. The molecule has 8 rings (SSSR count). The third-order valence-electron chi connectivity index (χ3n) is 18.6. The van der Waals surface area contributed by atoms with Crippen molar-refractivity contribution in [3.8, 4) is 0 Å². The molecule has 354 valence electrons. The summed E-state index contributed by atoms with van der Waals surface area (Å²) in [6, 6.07) is 0. The predicted molar refractivity (Wildman–Crippen MR) is 219 cm³/mol. The molecule has 0 amide bonds. The second-order valence-electron chi connectivity index (χ2n) is 22.6. The Hall–Kier alpha value is -1.35. The number of hydrogen-bond acceptors (Lipinski definition) is 15. The number of carboxylic acid groups (broad SMARTS) is 1. The first kappa shape index (κ1) is 47.2. The molecule has 0 aromatic rings. The van der Waals surface area contributed by atoms with Gasteiger partial charge in [0.1, 0.15) is 61.0 Å². The lowest BCUT2D eigenvalue weighted by Crippen LogP contribution is -2.66. The Morgan fingerprint density at radius 1 is 0.694 bits per heavy atom. The molecule has 62 heavy (non-hydrogen) atoms.